The summed E-state index contributed by atoms with van der Waals surface area (Å²) in [6, 6.07) is 26.9. The van der Waals surface area contributed by atoms with Crippen molar-refractivity contribution in [2.24, 2.45) is 5.92 Å². The largest absolute Gasteiger partial charge is 0.354 e. The van der Waals surface area contributed by atoms with E-state index in [9.17, 15) is 18.0 Å². The van der Waals surface area contributed by atoms with E-state index in [0.29, 0.717) is 27.8 Å². The maximum Gasteiger partial charge on any atom is 0.264 e. The second-order valence-electron chi connectivity index (χ2n) is 11.8. The van der Waals surface area contributed by atoms with Gasteiger partial charge in [0.25, 0.3) is 10.0 Å². The van der Waals surface area contributed by atoms with E-state index < -0.39 is 28.5 Å². The van der Waals surface area contributed by atoms with Crippen molar-refractivity contribution in [2.45, 2.75) is 51.6 Å². The lowest BCUT2D eigenvalue weighted by molar-refractivity contribution is -0.140. The zero-order valence-corrected chi connectivity index (χ0v) is 28.7. The van der Waals surface area contributed by atoms with E-state index in [4.69, 9.17) is 23.2 Å². The van der Waals surface area contributed by atoms with E-state index in [1.165, 1.54) is 17.0 Å². The van der Waals surface area contributed by atoms with Crippen molar-refractivity contribution in [1.82, 2.24) is 10.2 Å². The van der Waals surface area contributed by atoms with Crippen molar-refractivity contribution >= 4 is 50.7 Å². The summed E-state index contributed by atoms with van der Waals surface area (Å²) in [4.78, 5) is 29.9. The van der Waals surface area contributed by atoms with Crippen LogP contribution in [0.5, 0.6) is 0 Å². The molecule has 0 aliphatic heterocycles. The summed E-state index contributed by atoms with van der Waals surface area (Å²) in [5.74, 6) is -0.713. The van der Waals surface area contributed by atoms with Gasteiger partial charge in [0.2, 0.25) is 11.8 Å². The van der Waals surface area contributed by atoms with Crippen LogP contribution in [-0.4, -0.2) is 44.3 Å². The number of halogens is 2. The van der Waals surface area contributed by atoms with Crippen molar-refractivity contribution in [1.29, 1.82) is 0 Å². The molecule has 0 saturated heterocycles. The number of carbonyl (C=O) groups excluding carboxylic acids is 2. The molecule has 0 saturated carbocycles. The second kappa shape index (κ2) is 15.6. The van der Waals surface area contributed by atoms with E-state index in [2.05, 4.69) is 5.32 Å². The molecule has 7 nitrogen and oxygen atoms in total. The molecule has 0 spiro atoms. The van der Waals surface area contributed by atoms with E-state index in [-0.39, 0.29) is 29.7 Å². The standard InChI is InChI=1S/C36H39Cl2N3O4S/c1-25(2)22-39-36(43)34(21-28-8-6-5-7-9-28)40(23-29-14-19-32(37)33(38)20-29)35(42)24-41(30-15-10-26(3)11-16-30)46(44,45)31-17-12-27(4)13-18-31/h5-20,25,34H,21-24H2,1-4H3,(H,39,43)/t34-/m0/s1. The summed E-state index contributed by atoms with van der Waals surface area (Å²) < 4.78 is 29.4. The van der Waals surface area contributed by atoms with Gasteiger partial charge in [0.15, 0.2) is 0 Å². The van der Waals surface area contributed by atoms with Crippen LogP contribution in [0.4, 0.5) is 5.69 Å². The Hall–Kier alpha value is -3.85. The van der Waals surface area contributed by atoms with Crippen LogP contribution in [0.2, 0.25) is 10.0 Å². The van der Waals surface area contributed by atoms with Gasteiger partial charge < -0.3 is 10.2 Å². The van der Waals surface area contributed by atoms with Crippen LogP contribution in [0, 0.1) is 19.8 Å². The molecule has 2 amide bonds. The van der Waals surface area contributed by atoms with Crippen molar-refractivity contribution in [2.75, 3.05) is 17.4 Å². The van der Waals surface area contributed by atoms with Crippen molar-refractivity contribution in [3.05, 3.63) is 129 Å². The third-order valence-corrected chi connectivity index (χ3v) is 10.0. The molecule has 0 fully saturated rings. The fraction of sp³-hybridized carbons (Fsp3) is 0.278. The molecule has 46 heavy (non-hydrogen) atoms. The van der Waals surface area contributed by atoms with Gasteiger partial charge in [0, 0.05) is 19.5 Å². The van der Waals surface area contributed by atoms with Crippen LogP contribution < -0.4 is 9.62 Å². The number of hydrogen-bond acceptors (Lipinski definition) is 4. The molecule has 0 unspecified atom stereocenters. The maximum atomic E-state index is 14.5. The predicted molar refractivity (Wildman–Crippen MR) is 186 cm³/mol. The first-order chi connectivity index (χ1) is 21.8. The Labute approximate surface area is 282 Å². The van der Waals surface area contributed by atoms with E-state index in [1.807, 2.05) is 58.0 Å². The van der Waals surface area contributed by atoms with Crippen molar-refractivity contribution in [3.63, 3.8) is 0 Å². The molecule has 1 atom stereocenters. The Morgan fingerprint density at radius 3 is 1.98 bits per heavy atom. The third-order valence-electron chi connectivity index (χ3n) is 7.50. The lowest BCUT2D eigenvalue weighted by Gasteiger charge is -2.34. The summed E-state index contributed by atoms with van der Waals surface area (Å²) in [5, 5.41) is 3.64. The average molecular weight is 681 g/mol. The summed E-state index contributed by atoms with van der Waals surface area (Å²) in [6.07, 6.45) is 0.215. The van der Waals surface area contributed by atoms with Gasteiger partial charge in [0.1, 0.15) is 12.6 Å². The Bertz CT molecular complexity index is 1750. The van der Waals surface area contributed by atoms with Crippen LogP contribution in [0.25, 0.3) is 0 Å². The number of rotatable bonds is 13. The SMILES string of the molecule is Cc1ccc(N(CC(=O)N(Cc2ccc(Cl)c(Cl)c2)[C@@H](Cc2ccccc2)C(=O)NCC(C)C)S(=O)(=O)c2ccc(C)cc2)cc1. The molecule has 1 N–H and O–H groups in total. The minimum absolute atomic E-state index is 0.00532. The molecule has 0 aromatic heterocycles. The molecule has 0 radical (unpaired) electrons. The fourth-order valence-corrected chi connectivity index (χ4v) is 6.62. The smallest absolute Gasteiger partial charge is 0.264 e. The van der Waals surface area contributed by atoms with Crippen molar-refractivity contribution in [3.8, 4) is 0 Å². The van der Waals surface area contributed by atoms with Gasteiger partial charge in [-0.1, -0.05) is 109 Å². The molecule has 0 heterocycles. The predicted octanol–water partition coefficient (Wildman–Crippen LogP) is 7.22. The minimum atomic E-state index is -4.18. The van der Waals surface area contributed by atoms with Crippen LogP contribution in [-0.2, 0) is 32.6 Å². The highest BCUT2D eigenvalue weighted by Gasteiger charge is 2.34. The van der Waals surface area contributed by atoms with Gasteiger partial charge in [-0.2, -0.15) is 0 Å². The molecule has 0 aliphatic rings. The number of sulfonamides is 1. The number of benzene rings is 4. The number of nitrogens with zero attached hydrogens (tertiary/aromatic N) is 2. The van der Waals surface area contributed by atoms with Gasteiger partial charge in [-0.25, -0.2) is 8.42 Å². The monoisotopic (exact) mass is 679 g/mol. The molecule has 4 aromatic carbocycles. The number of anilines is 1. The first-order valence-corrected chi connectivity index (χ1v) is 17.3. The molecule has 0 bridgehead atoms. The van der Waals surface area contributed by atoms with E-state index >= 15 is 0 Å². The van der Waals surface area contributed by atoms with Gasteiger partial charge >= 0.3 is 0 Å². The van der Waals surface area contributed by atoms with Crippen LogP contribution >= 0.6 is 23.2 Å². The Kier molecular flexibility index (Phi) is 11.9. The number of amides is 2. The van der Waals surface area contributed by atoms with Gasteiger partial charge in [-0.15, -0.1) is 0 Å². The van der Waals surface area contributed by atoms with Gasteiger partial charge in [-0.05, 0) is 67.3 Å². The highest BCUT2D eigenvalue weighted by molar-refractivity contribution is 7.92. The highest BCUT2D eigenvalue weighted by Crippen LogP contribution is 2.27. The van der Waals surface area contributed by atoms with Gasteiger partial charge in [-0.3, -0.25) is 13.9 Å². The van der Waals surface area contributed by atoms with E-state index in [1.54, 1.807) is 54.6 Å². The molecule has 0 aliphatic carbocycles. The zero-order chi connectivity index (χ0) is 33.4. The van der Waals surface area contributed by atoms with Gasteiger partial charge in [0.05, 0.1) is 20.6 Å². The zero-order valence-electron chi connectivity index (χ0n) is 26.4. The molecule has 4 aromatic rings. The third kappa shape index (κ3) is 9.12. The van der Waals surface area contributed by atoms with Crippen LogP contribution in [0.15, 0.2) is 102 Å². The minimum Gasteiger partial charge on any atom is -0.354 e. The summed E-state index contributed by atoms with van der Waals surface area (Å²) in [5.41, 5.74) is 3.66. The first-order valence-electron chi connectivity index (χ1n) is 15.1. The molecule has 10 heteroatoms. The summed E-state index contributed by atoms with van der Waals surface area (Å²) in [6.45, 7) is 7.61. The number of nitrogens with one attached hydrogen (secondary N) is 1. The summed E-state index contributed by atoms with van der Waals surface area (Å²) in [7, 11) is -4.18. The first kappa shape index (κ1) is 35.0. The van der Waals surface area contributed by atoms with E-state index in [0.717, 1.165) is 21.0 Å². The quantitative estimate of drug-likeness (QED) is 0.162. The Morgan fingerprint density at radius 2 is 1.39 bits per heavy atom. The second-order valence-corrected chi connectivity index (χ2v) is 14.5. The van der Waals surface area contributed by atoms with Crippen LogP contribution in [0.3, 0.4) is 0 Å². The Morgan fingerprint density at radius 1 is 0.783 bits per heavy atom. The van der Waals surface area contributed by atoms with Crippen LogP contribution in [0.1, 0.15) is 36.1 Å². The number of hydrogen-bond donors (Lipinski definition) is 1. The molecule has 242 valence electrons. The summed E-state index contributed by atoms with van der Waals surface area (Å²) >= 11 is 12.5. The fourth-order valence-electron chi connectivity index (χ4n) is 4.89. The normalized spacial score (nSPS) is 12.1. The Balaban J connectivity index is 1.81. The molecular formula is C36H39Cl2N3O4S. The highest BCUT2D eigenvalue weighted by atomic mass is 35.5. The lowest BCUT2D eigenvalue weighted by atomic mass is 10.0. The number of aryl methyl sites for hydroxylation is 2. The topological polar surface area (TPSA) is 86.8 Å². The lowest BCUT2D eigenvalue weighted by Crippen LogP contribution is -2.53. The molecular weight excluding hydrogens is 641 g/mol. The number of carbonyl (C=O) groups is 2. The average Bonchev–Trinajstić information content (AvgIpc) is 3.03. The maximum absolute atomic E-state index is 14.5. The van der Waals surface area contributed by atoms with Crippen molar-refractivity contribution < 1.29 is 18.0 Å². The molecule has 4 rings (SSSR count).